The van der Waals surface area contributed by atoms with E-state index in [1.54, 1.807) is 5.01 Å². The van der Waals surface area contributed by atoms with Crippen molar-refractivity contribution in [3.63, 3.8) is 0 Å². The highest BCUT2D eigenvalue weighted by Gasteiger charge is 2.42. The molecule has 1 amide bonds. The van der Waals surface area contributed by atoms with Crippen LogP contribution in [0.4, 0.5) is 4.39 Å². The average molecular weight is 369 g/mol. The van der Waals surface area contributed by atoms with Gasteiger partial charge in [0.1, 0.15) is 6.17 Å². The second kappa shape index (κ2) is 7.63. The summed E-state index contributed by atoms with van der Waals surface area (Å²) in [4.78, 5) is 15.4. The number of carbonyl (C=O) groups excluding carboxylic acids is 1. The number of hydrogen-bond donors (Lipinski definition) is 5. The van der Waals surface area contributed by atoms with E-state index in [1.165, 1.54) is 0 Å². The first-order valence-electron chi connectivity index (χ1n) is 9.57. The molecule has 4 saturated heterocycles. The fraction of sp³-hybridized carbons (Fsp3) is 0.938. The van der Waals surface area contributed by atoms with Gasteiger partial charge in [0, 0.05) is 44.9 Å². The maximum atomic E-state index is 13.6. The Morgan fingerprint density at radius 1 is 1.31 bits per heavy atom. The lowest BCUT2D eigenvalue weighted by Crippen LogP contribution is -2.61. The number of nitrogens with two attached hydrogens (primary N) is 1. The highest BCUT2D eigenvalue weighted by molar-refractivity contribution is 5.81. The molecular formula is C16H30FN8O-. The second-order valence-corrected chi connectivity index (χ2v) is 7.91. The monoisotopic (exact) mass is 369 g/mol. The lowest BCUT2D eigenvalue weighted by atomic mass is 9.85. The quantitative estimate of drug-likeness (QED) is 0.381. The first-order valence-corrected chi connectivity index (χ1v) is 9.57. The Morgan fingerprint density at radius 2 is 2.15 bits per heavy atom. The number of nitrogens with zero attached hydrogens (tertiary/aromatic N) is 3. The molecule has 7 unspecified atom stereocenters. The molecule has 148 valence electrons. The predicted octanol–water partition coefficient (Wildman–Crippen LogP) is -2.29. The van der Waals surface area contributed by atoms with E-state index in [2.05, 4.69) is 38.6 Å². The van der Waals surface area contributed by atoms with E-state index in [4.69, 9.17) is 5.73 Å². The van der Waals surface area contributed by atoms with Crippen LogP contribution in [0.2, 0.25) is 0 Å². The zero-order valence-electron chi connectivity index (χ0n) is 15.2. The molecule has 0 spiro atoms. The Hall–Kier alpha value is -0.880. The fourth-order valence-corrected chi connectivity index (χ4v) is 4.81. The molecule has 4 fully saturated rings. The Labute approximate surface area is 153 Å². The first-order chi connectivity index (χ1) is 12.5. The van der Waals surface area contributed by atoms with Gasteiger partial charge in [0.25, 0.3) is 0 Å². The molecule has 7 atom stereocenters. The summed E-state index contributed by atoms with van der Waals surface area (Å²) >= 11 is 0. The van der Waals surface area contributed by atoms with Crippen LogP contribution in [0.1, 0.15) is 6.42 Å². The van der Waals surface area contributed by atoms with Gasteiger partial charge in [0.15, 0.2) is 0 Å². The summed E-state index contributed by atoms with van der Waals surface area (Å²) in [6, 6.07) is 0.475. The van der Waals surface area contributed by atoms with Crippen molar-refractivity contribution in [3.05, 3.63) is 5.43 Å². The van der Waals surface area contributed by atoms with Gasteiger partial charge in [-0.05, 0) is 25.9 Å². The Kier molecular flexibility index (Phi) is 5.42. The van der Waals surface area contributed by atoms with Gasteiger partial charge < -0.3 is 32.1 Å². The zero-order chi connectivity index (χ0) is 18.3. The third-order valence-electron chi connectivity index (χ3n) is 6.19. The number of fused-ring (bicyclic) bond motifs is 1. The highest BCUT2D eigenvalue weighted by Crippen LogP contribution is 2.31. The number of carbonyl (C=O) groups is 1. The van der Waals surface area contributed by atoms with Crippen LogP contribution in [0.15, 0.2) is 0 Å². The van der Waals surface area contributed by atoms with Gasteiger partial charge in [-0.2, -0.15) is 0 Å². The van der Waals surface area contributed by atoms with Gasteiger partial charge >= 0.3 is 0 Å². The van der Waals surface area contributed by atoms with Crippen LogP contribution in [0.5, 0.6) is 0 Å². The van der Waals surface area contributed by atoms with Gasteiger partial charge in [-0.3, -0.25) is 15.0 Å². The minimum Gasteiger partial charge on any atom is -0.578 e. The smallest absolute Gasteiger partial charge is 0.226 e. The normalized spacial score (nSPS) is 44.8. The minimum absolute atomic E-state index is 0.0577. The van der Waals surface area contributed by atoms with Gasteiger partial charge in [-0.1, -0.05) is 6.17 Å². The summed E-state index contributed by atoms with van der Waals surface area (Å²) in [6.45, 7) is 3.99. The lowest BCUT2D eigenvalue weighted by molar-refractivity contribution is -0.128. The van der Waals surface area contributed by atoms with Crippen molar-refractivity contribution >= 4 is 5.91 Å². The number of piperidine rings is 1. The minimum atomic E-state index is -0.985. The molecular weight excluding hydrogens is 339 g/mol. The predicted molar refractivity (Wildman–Crippen MR) is 95.5 cm³/mol. The van der Waals surface area contributed by atoms with E-state index in [9.17, 15) is 9.18 Å². The summed E-state index contributed by atoms with van der Waals surface area (Å²) in [5.41, 5.74) is 10.4. The van der Waals surface area contributed by atoms with Crippen LogP contribution in [0.3, 0.4) is 0 Å². The SMILES string of the molecule is CN1CNCC1C1CCNCC1NC(=O)C1C(N)[N-]N2CC(F)CNC12. The molecule has 4 aliphatic heterocycles. The van der Waals surface area contributed by atoms with Crippen molar-refractivity contribution < 1.29 is 9.18 Å². The molecule has 0 aromatic rings. The third kappa shape index (κ3) is 3.47. The summed E-state index contributed by atoms with van der Waals surface area (Å²) in [5.74, 6) is -0.198. The standard InChI is InChI=1S/C16H30FN8O/c1-24-8-20-6-12(24)10-2-3-19-5-11(10)22-16(26)13-14(18)23-25-7-9(17)4-21-15(13)25/h9-15,19-21H,2-8,18H2,1H3,(H,22,26)/q-1. The molecule has 4 rings (SSSR count). The molecule has 6 N–H and O–H groups in total. The summed E-state index contributed by atoms with van der Waals surface area (Å²) in [5, 5.41) is 14.7. The third-order valence-corrected chi connectivity index (χ3v) is 6.19. The maximum absolute atomic E-state index is 13.6. The molecule has 0 saturated carbocycles. The van der Waals surface area contributed by atoms with E-state index < -0.39 is 18.3 Å². The van der Waals surface area contributed by atoms with Crippen LogP contribution in [0, 0.1) is 11.8 Å². The highest BCUT2D eigenvalue weighted by atomic mass is 19.1. The van der Waals surface area contributed by atoms with E-state index >= 15 is 0 Å². The van der Waals surface area contributed by atoms with Crippen LogP contribution >= 0.6 is 0 Å². The van der Waals surface area contributed by atoms with Crippen molar-refractivity contribution in [2.24, 2.45) is 17.6 Å². The number of rotatable bonds is 3. The zero-order valence-corrected chi connectivity index (χ0v) is 15.2. The Bertz CT molecular complexity index is 524. The van der Waals surface area contributed by atoms with Gasteiger partial charge in [-0.25, -0.2) is 4.39 Å². The molecule has 4 heterocycles. The van der Waals surface area contributed by atoms with E-state index in [1.807, 2.05) is 0 Å². The average Bonchev–Trinajstić information content (AvgIpc) is 3.17. The van der Waals surface area contributed by atoms with Crippen molar-refractivity contribution in [1.29, 1.82) is 0 Å². The van der Waals surface area contributed by atoms with E-state index in [0.717, 1.165) is 32.7 Å². The topological polar surface area (TPSA) is 112 Å². The Morgan fingerprint density at radius 3 is 2.92 bits per heavy atom. The fourth-order valence-electron chi connectivity index (χ4n) is 4.81. The van der Waals surface area contributed by atoms with Crippen LogP contribution < -0.4 is 27.0 Å². The van der Waals surface area contributed by atoms with E-state index in [0.29, 0.717) is 12.0 Å². The summed E-state index contributed by atoms with van der Waals surface area (Å²) in [7, 11) is 2.12. The maximum Gasteiger partial charge on any atom is 0.226 e. The molecule has 0 aliphatic carbocycles. The van der Waals surface area contributed by atoms with Crippen LogP contribution in [0.25, 0.3) is 5.43 Å². The van der Waals surface area contributed by atoms with Gasteiger partial charge in [0.2, 0.25) is 5.91 Å². The number of amides is 1. The largest absolute Gasteiger partial charge is 0.578 e. The van der Waals surface area contributed by atoms with Gasteiger partial charge in [0.05, 0.1) is 12.1 Å². The molecule has 0 radical (unpaired) electrons. The first kappa shape index (κ1) is 18.5. The van der Waals surface area contributed by atoms with Crippen molar-refractivity contribution in [3.8, 4) is 0 Å². The number of likely N-dealkylation sites (N-methyl/N-ethyl adjacent to an activating group) is 1. The molecule has 0 aromatic heterocycles. The van der Waals surface area contributed by atoms with Crippen LogP contribution in [-0.2, 0) is 4.79 Å². The molecule has 0 aromatic carbocycles. The molecule has 9 nitrogen and oxygen atoms in total. The van der Waals surface area contributed by atoms with E-state index in [-0.39, 0.29) is 31.2 Å². The molecule has 0 bridgehead atoms. The number of nitrogens with one attached hydrogen (secondary N) is 4. The summed E-state index contributed by atoms with van der Waals surface area (Å²) < 4.78 is 13.6. The molecule has 10 heteroatoms. The van der Waals surface area contributed by atoms with Crippen LogP contribution in [-0.4, -0.2) is 92.8 Å². The number of hydrogen-bond acceptors (Lipinski definition) is 7. The molecule has 26 heavy (non-hydrogen) atoms. The van der Waals surface area contributed by atoms with Crippen molar-refractivity contribution in [2.45, 2.75) is 37.0 Å². The second-order valence-electron chi connectivity index (χ2n) is 7.91. The van der Waals surface area contributed by atoms with Crippen molar-refractivity contribution in [2.75, 3.05) is 46.4 Å². The lowest BCUT2D eigenvalue weighted by Gasteiger charge is -2.42. The molecule has 4 aliphatic rings. The Balaban J connectivity index is 1.42. The van der Waals surface area contributed by atoms with Gasteiger partial charge in [-0.15, -0.1) is 0 Å². The summed E-state index contributed by atoms with van der Waals surface area (Å²) in [6.07, 6.45) is -0.909. The van der Waals surface area contributed by atoms with Crippen molar-refractivity contribution in [1.82, 2.24) is 31.2 Å². The number of halogens is 1. The number of alkyl halides is 1.